The number of hydrogen-bond donors (Lipinski definition) is 4. The molecule has 1 saturated heterocycles. The lowest BCUT2D eigenvalue weighted by Crippen LogP contribution is -2.53. The molecule has 0 amide bonds. The van der Waals surface area contributed by atoms with E-state index in [2.05, 4.69) is 0 Å². The Morgan fingerprint density at radius 3 is 2.64 bits per heavy atom. The molecule has 4 N–H and O–H groups in total. The van der Waals surface area contributed by atoms with E-state index in [1.807, 2.05) is 11.9 Å². The number of phenolic OH excluding ortho intramolecular Hbond substituents is 1. The predicted molar refractivity (Wildman–Crippen MR) is 126 cm³/mol. The molecule has 0 aliphatic carbocycles. The zero-order valence-corrected chi connectivity index (χ0v) is 19.5. The van der Waals surface area contributed by atoms with Crippen LogP contribution < -0.4 is 9.95 Å². The standard InChI is InChI=1S/C21H22BClNO8P/c1-24-7-6-21(22,17(27)10-24)19-14(26)9-16(32-33(28,29)30)18-13(25)8-15(31-20(18)19)11-4-2-3-5-12(11)23/h2-5,8-9,17,26-27H,6-7,10,22H2,1H3,(H2,28,29,30)/t17-,21-/m1/s1. The third kappa shape index (κ3) is 4.42. The number of aliphatic hydroxyl groups excluding tert-OH is 1. The monoisotopic (exact) mass is 493 g/mol. The Morgan fingerprint density at radius 2 is 2.00 bits per heavy atom. The molecule has 1 aliphatic rings. The molecule has 9 nitrogen and oxygen atoms in total. The second-order valence-corrected chi connectivity index (χ2v) is 10.0. The van der Waals surface area contributed by atoms with Crippen LogP contribution >= 0.6 is 19.4 Å². The van der Waals surface area contributed by atoms with Gasteiger partial charge in [-0.3, -0.25) is 14.6 Å². The summed E-state index contributed by atoms with van der Waals surface area (Å²) in [4.78, 5) is 33.8. The van der Waals surface area contributed by atoms with Crippen molar-refractivity contribution in [1.82, 2.24) is 4.90 Å². The number of halogens is 1. The van der Waals surface area contributed by atoms with Crippen molar-refractivity contribution in [3.8, 4) is 22.8 Å². The lowest BCUT2D eigenvalue weighted by Gasteiger charge is -2.43. The number of phosphoric acid groups is 1. The molecule has 33 heavy (non-hydrogen) atoms. The highest BCUT2D eigenvalue weighted by molar-refractivity contribution is 7.46. The summed E-state index contributed by atoms with van der Waals surface area (Å²) in [6.45, 7) is 0.913. The summed E-state index contributed by atoms with van der Waals surface area (Å²) in [6.07, 6.45) is -0.500. The number of aliphatic hydroxyl groups is 1. The molecule has 12 heteroatoms. The molecule has 1 aliphatic heterocycles. The minimum Gasteiger partial charge on any atom is -0.507 e. The molecule has 0 bridgehead atoms. The summed E-state index contributed by atoms with van der Waals surface area (Å²) >= 11 is 6.28. The van der Waals surface area contributed by atoms with Gasteiger partial charge in [-0.15, -0.1) is 0 Å². The lowest BCUT2D eigenvalue weighted by atomic mass is 9.56. The van der Waals surface area contributed by atoms with E-state index < -0.39 is 36.2 Å². The van der Waals surface area contributed by atoms with Gasteiger partial charge >= 0.3 is 7.82 Å². The van der Waals surface area contributed by atoms with Gasteiger partial charge in [-0.2, -0.15) is 0 Å². The number of likely N-dealkylation sites (N-methyl/N-ethyl adjacent to an activating group) is 1. The Kier molecular flexibility index (Phi) is 6.11. The molecule has 0 unspecified atom stereocenters. The smallest absolute Gasteiger partial charge is 0.507 e. The highest BCUT2D eigenvalue weighted by atomic mass is 35.5. The van der Waals surface area contributed by atoms with Crippen LogP contribution in [0.4, 0.5) is 0 Å². The summed E-state index contributed by atoms with van der Waals surface area (Å²) in [5, 5.41) is 20.9. The fourth-order valence-electron chi connectivity index (χ4n) is 4.30. The fraction of sp³-hybridized carbons (Fsp3) is 0.286. The molecule has 0 spiro atoms. The van der Waals surface area contributed by atoms with Gasteiger partial charge in [0.2, 0.25) is 0 Å². The normalized spacial score (nSPS) is 21.9. The zero-order valence-electron chi connectivity index (χ0n) is 17.9. The van der Waals surface area contributed by atoms with Gasteiger partial charge in [-0.05, 0) is 32.1 Å². The van der Waals surface area contributed by atoms with Crippen molar-refractivity contribution in [2.24, 2.45) is 0 Å². The van der Waals surface area contributed by atoms with Gasteiger partial charge in [-0.25, -0.2) is 4.57 Å². The first-order valence-electron chi connectivity index (χ1n) is 10.1. The van der Waals surface area contributed by atoms with Crippen LogP contribution in [0.1, 0.15) is 12.0 Å². The number of piperidine rings is 1. The number of aromatic hydroxyl groups is 1. The van der Waals surface area contributed by atoms with E-state index in [-0.39, 0.29) is 22.3 Å². The first-order chi connectivity index (χ1) is 15.4. The molecule has 174 valence electrons. The van der Waals surface area contributed by atoms with Crippen molar-refractivity contribution in [1.29, 1.82) is 0 Å². The van der Waals surface area contributed by atoms with E-state index in [4.69, 9.17) is 20.5 Å². The summed E-state index contributed by atoms with van der Waals surface area (Å²) in [5.41, 5.74) is -0.213. The Hall–Kier alpha value is -2.33. The number of phosphoric ester groups is 1. The van der Waals surface area contributed by atoms with E-state index in [9.17, 15) is 29.4 Å². The van der Waals surface area contributed by atoms with E-state index in [0.717, 1.165) is 12.1 Å². The van der Waals surface area contributed by atoms with Crippen LogP contribution in [0.5, 0.6) is 11.5 Å². The van der Waals surface area contributed by atoms with E-state index >= 15 is 0 Å². The molecule has 2 aromatic carbocycles. The third-order valence-electron chi connectivity index (χ3n) is 6.11. The first-order valence-corrected chi connectivity index (χ1v) is 12.0. The molecular formula is C21H22BClNO8P. The number of benzene rings is 2. The maximum Gasteiger partial charge on any atom is 0.524 e. The lowest BCUT2D eigenvalue weighted by molar-refractivity contribution is 0.0447. The molecule has 3 aromatic rings. The van der Waals surface area contributed by atoms with Crippen LogP contribution in [-0.2, 0) is 9.88 Å². The highest BCUT2D eigenvalue weighted by Gasteiger charge is 2.43. The second kappa shape index (κ2) is 8.47. The van der Waals surface area contributed by atoms with E-state index in [0.29, 0.717) is 30.1 Å². The van der Waals surface area contributed by atoms with E-state index in [1.165, 1.54) is 0 Å². The van der Waals surface area contributed by atoms with Gasteiger partial charge in [0.1, 0.15) is 36.1 Å². The summed E-state index contributed by atoms with van der Waals surface area (Å²) in [6, 6.07) is 8.80. The molecule has 0 saturated carbocycles. The first kappa shape index (κ1) is 23.8. The molecule has 0 radical (unpaired) electrons. The number of rotatable bonds is 4. The van der Waals surface area contributed by atoms with Gasteiger partial charge < -0.3 is 24.1 Å². The average Bonchev–Trinajstić information content (AvgIpc) is 2.69. The van der Waals surface area contributed by atoms with Crippen molar-refractivity contribution < 1.29 is 33.5 Å². The van der Waals surface area contributed by atoms with Crippen LogP contribution in [0, 0.1) is 0 Å². The molecule has 2 atom stereocenters. The zero-order chi connectivity index (χ0) is 24.1. The van der Waals surface area contributed by atoms with Gasteiger partial charge in [0.15, 0.2) is 5.43 Å². The summed E-state index contributed by atoms with van der Waals surface area (Å²) in [7, 11) is -1.47. The number of likely N-dealkylation sites (tertiary alicyclic amines) is 1. The van der Waals surface area contributed by atoms with Crippen molar-refractivity contribution in [2.45, 2.75) is 17.8 Å². The topological polar surface area (TPSA) is 141 Å². The number of fused-ring (bicyclic) bond motifs is 1. The quantitative estimate of drug-likeness (QED) is 0.316. The SMILES string of the molecule is B[C@]1(c2c(O)cc(OP(=O)(O)O)c3c(=O)cc(-c4ccccc4Cl)oc23)CCN(C)C[C@H]1O. The van der Waals surface area contributed by atoms with Crippen LogP contribution in [0.15, 0.2) is 45.6 Å². The van der Waals surface area contributed by atoms with E-state index in [1.54, 1.807) is 32.1 Å². The minimum atomic E-state index is -5.06. The van der Waals surface area contributed by atoms with Crippen LogP contribution in [0.2, 0.25) is 5.02 Å². The Bertz CT molecular complexity index is 1340. The number of hydrogen-bond acceptors (Lipinski definition) is 7. The van der Waals surface area contributed by atoms with Gasteiger partial charge in [0, 0.05) is 35.1 Å². The van der Waals surface area contributed by atoms with Crippen molar-refractivity contribution >= 4 is 38.2 Å². The largest absolute Gasteiger partial charge is 0.524 e. The van der Waals surface area contributed by atoms with Gasteiger partial charge in [-0.1, -0.05) is 23.7 Å². The minimum absolute atomic E-state index is 0.0955. The summed E-state index contributed by atoms with van der Waals surface area (Å²) < 4.78 is 22.3. The Morgan fingerprint density at radius 1 is 1.30 bits per heavy atom. The van der Waals surface area contributed by atoms with Gasteiger partial charge in [0.25, 0.3) is 0 Å². The number of phenols is 1. The molecule has 1 fully saturated rings. The van der Waals surface area contributed by atoms with Crippen LogP contribution in [-0.4, -0.2) is 59.0 Å². The van der Waals surface area contributed by atoms with Crippen LogP contribution in [0.25, 0.3) is 22.3 Å². The molecular weight excluding hydrogens is 471 g/mol. The number of β-amino-alcohol motifs (C(OH)–C–C–N with tert-alkyl or cyclic N) is 1. The van der Waals surface area contributed by atoms with Crippen molar-refractivity contribution in [3.63, 3.8) is 0 Å². The maximum absolute atomic E-state index is 13.2. The average molecular weight is 494 g/mol. The van der Waals surface area contributed by atoms with Gasteiger partial charge in [0.05, 0.1) is 11.1 Å². The fourth-order valence-corrected chi connectivity index (χ4v) is 4.93. The van der Waals surface area contributed by atoms with Crippen molar-refractivity contribution in [3.05, 3.63) is 57.2 Å². The Balaban J connectivity index is 2.08. The molecule has 1 aromatic heterocycles. The second-order valence-electron chi connectivity index (χ2n) is 8.46. The molecule has 4 rings (SSSR count). The Labute approximate surface area is 194 Å². The maximum atomic E-state index is 13.2. The number of nitrogens with zero attached hydrogens (tertiary/aromatic N) is 1. The predicted octanol–water partition coefficient (Wildman–Crippen LogP) is 1.82. The molecule has 2 heterocycles. The van der Waals surface area contributed by atoms with Crippen LogP contribution in [0.3, 0.4) is 0 Å². The van der Waals surface area contributed by atoms with Crippen molar-refractivity contribution in [2.75, 3.05) is 20.1 Å². The highest BCUT2D eigenvalue weighted by Crippen LogP contribution is 2.48. The summed E-state index contributed by atoms with van der Waals surface area (Å²) in [5.74, 6) is -0.848. The third-order valence-corrected chi connectivity index (χ3v) is 6.87.